The largest absolute Gasteiger partial charge is 0.504 e. The maximum absolute atomic E-state index is 12.1. The zero-order chi connectivity index (χ0) is 15.2. The molecule has 0 aliphatic heterocycles. The lowest BCUT2D eigenvalue weighted by Gasteiger charge is -2.08. The SMILES string of the molecule is COc1ccc(NC(=O)c2ccc(CCN)cc2)cc1O. The Bertz CT molecular complexity index is 624. The van der Waals surface area contributed by atoms with Gasteiger partial charge in [0.25, 0.3) is 5.91 Å². The van der Waals surface area contributed by atoms with Crippen molar-refractivity contribution in [2.24, 2.45) is 5.73 Å². The molecule has 0 spiro atoms. The molecule has 21 heavy (non-hydrogen) atoms. The van der Waals surface area contributed by atoms with Gasteiger partial charge in [-0.25, -0.2) is 0 Å². The monoisotopic (exact) mass is 286 g/mol. The third kappa shape index (κ3) is 3.73. The molecule has 2 aromatic rings. The Balaban J connectivity index is 2.08. The second-order valence-corrected chi connectivity index (χ2v) is 4.58. The maximum atomic E-state index is 12.1. The molecule has 0 heterocycles. The average Bonchev–Trinajstić information content (AvgIpc) is 2.48. The van der Waals surface area contributed by atoms with Crippen LogP contribution in [0.1, 0.15) is 15.9 Å². The number of hydrogen-bond donors (Lipinski definition) is 3. The van der Waals surface area contributed by atoms with E-state index in [9.17, 15) is 9.90 Å². The fourth-order valence-electron chi connectivity index (χ4n) is 1.96. The van der Waals surface area contributed by atoms with E-state index in [4.69, 9.17) is 10.5 Å². The number of benzene rings is 2. The summed E-state index contributed by atoms with van der Waals surface area (Å²) in [6.07, 6.45) is 0.786. The molecule has 2 aromatic carbocycles. The van der Waals surface area contributed by atoms with Crippen molar-refractivity contribution in [1.29, 1.82) is 0 Å². The Morgan fingerprint density at radius 3 is 2.52 bits per heavy atom. The van der Waals surface area contributed by atoms with Crippen LogP contribution in [-0.2, 0) is 6.42 Å². The number of nitrogens with two attached hydrogens (primary N) is 1. The van der Waals surface area contributed by atoms with Crippen LogP contribution in [-0.4, -0.2) is 24.7 Å². The summed E-state index contributed by atoms with van der Waals surface area (Å²) in [5.41, 5.74) is 7.63. The standard InChI is InChI=1S/C16H18N2O3/c1-21-15-7-6-13(10-14(15)19)18-16(20)12-4-2-11(3-5-12)8-9-17/h2-7,10,19H,8-9,17H2,1H3,(H,18,20). The smallest absolute Gasteiger partial charge is 0.255 e. The van der Waals surface area contributed by atoms with Crippen LogP contribution in [0.2, 0.25) is 0 Å². The van der Waals surface area contributed by atoms with E-state index in [1.54, 1.807) is 24.3 Å². The van der Waals surface area contributed by atoms with Crippen molar-refractivity contribution in [3.8, 4) is 11.5 Å². The highest BCUT2D eigenvalue weighted by atomic mass is 16.5. The highest BCUT2D eigenvalue weighted by Crippen LogP contribution is 2.28. The van der Waals surface area contributed by atoms with E-state index in [1.807, 2.05) is 12.1 Å². The minimum Gasteiger partial charge on any atom is -0.504 e. The van der Waals surface area contributed by atoms with Crippen LogP contribution in [0.5, 0.6) is 11.5 Å². The summed E-state index contributed by atoms with van der Waals surface area (Å²) < 4.78 is 4.95. The first-order valence-corrected chi connectivity index (χ1v) is 6.61. The first-order chi connectivity index (χ1) is 10.1. The van der Waals surface area contributed by atoms with Gasteiger partial charge in [0.15, 0.2) is 11.5 Å². The molecule has 110 valence electrons. The molecule has 0 unspecified atom stereocenters. The third-order valence-corrected chi connectivity index (χ3v) is 3.09. The molecule has 0 saturated carbocycles. The van der Waals surface area contributed by atoms with Crippen LogP contribution in [0.25, 0.3) is 0 Å². The van der Waals surface area contributed by atoms with Gasteiger partial charge in [-0.1, -0.05) is 12.1 Å². The molecule has 5 heteroatoms. The number of hydrogen-bond acceptors (Lipinski definition) is 4. The Morgan fingerprint density at radius 1 is 1.24 bits per heavy atom. The molecule has 0 fully saturated rings. The number of ether oxygens (including phenoxy) is 1. The van der Waals surface area contributed by atoms with Gasteiger partial charge in [0.2, 0.25) is 0 Å². The molecule has 0 radical (unpaired) electrons. The predicted octanol–water partition coefficient (Wildman–Crippen LogP) is 2.15. The molecule has 0 aliphatic rings. The molecule has 2 rings (SSSR count). The van der Waals surface area contributed by atoms with Crippen LogP contribution in [0.15, 0.2) is 42.5 Å². The van der Waals surface area contributed by atoms with Gasteiger partial charge in [-0.3, -0.25) is 4.79 Å². The summed E-state index contributed by atoms with van der Waals surface area (Å²) in [6.45, 7) is 0.580. The van der Waals surface area contributed by atoms with E-state index < -0.39 is 0 Å². The number of rotatable bonds is 5. The Labute approximate surface area is 123 Å². The van der Waals surface area contributed by atoms with Gasteiger partial charge in [-0.15, -0.1) is 0 Å². The van der Waals surface area contributed by atoms with Gasteiger partial charge >= 0.3 is 0 Å². The van der Waals surface area contributed by atoms with Crippen LogP contribution in [0.4, 0.5) is 5.69 Å². The minimum absolute atomic E-state index is 0.0198. The first-order valence-electron chi connectivity index (χ1n) is 6.61. The molecule has 5 nitrogen and oxygen atoms in total. The van der Waals surface area contributed by atoms with Gasteiger partial charge in [0, 0.05) is 17.3 Å². The quantitative estimate of drug-likeness (QED) is 0.786. The fraction of sp³-hybridized carbons (Fsp3) is 0.188. The zero-order valence-corrected chi connectivity index (χ0v) is 11.8. The predicted molar refractivity (Wildman–Crippen MR) is 81.8 cm³/mol. The zero-order valence-electron chi connectivity index (χ0n) is 11.8. The topological polar surface area (TPSA) is 84.6 Å². The van der Waals surface area contributed by atoms with Crippen molar-refractivity contribution in [1.82, 2.24) is 0 Å². The molecule has 4 N–H and O–H groups in total. The van der Waals surface area contributed by atoms with Crippen molar-refractivity contribution in [2.75, 3.05) is 19.0 Å². The van der Waals surface area contributed by atoms with Crippen LogP contribution < -0.4 is 15.8 Å². The number of amides is 1. The molecular weight excluding hydrogens is 268 g/mol. The van der Waals surface area contributed by atoms with Crippen molar-refractivity contribution in [2.45, 2.75) is 6.42 Å². The number of carbonyl (C=O) groups is 1. The first kappa shape index (κ1) is 14.9. The molecule has 1 amide bonds. The fourth-order valence-corrected chi connectivity index (χ4v) is 1.96. The average molecular weight is 286 g/mol. The van der Waals surface area contributed by atoms with Gasteiger partial charge < -0.3 is 20.9 Å². The van der Waals surface area contributed by atoms with Crippen molar-refractivity contribution >= 4 is 11.6 Å². The number of carbonyl (C=O) groups excluding carboxylic acids is 1. The Kier molecular flexibility index (Phi) is 4.79. The molecule has 0 aliphatic carbocycles. The van der Waals surface area contributed by atoms with Crippen LogP contribution in [0.3, 0.4) is 0 Å². The third-order valence-electron chi connectivity index (χ3n) is 3.09. The summed E-state index contributed by atoms with van der Waals surface area (Å²) in [6, 6.07) is 12.0. The number of phenolic OH excluding ortho intramolecular Hbond substituents is 1. The summed E-state index contributed by atoms with van der Waals surface area (Å²) in [4.78, 5) is 12.1. The summed E-state index contributed by atoms with van der Waals surface area (Å²) in [7, 11) is 1.47. The number of nitrogens with one attached hydrogen (secondary N) is 1. The summed E-state index contributed by atoms with van der Waals surface area (Å²) in [5, 5.41) is 12.4. The minimum atomic E-state index is -0.237. The van der Waals surface area contributed by atoms with Gasteiger partial charge in [-0.2, -0.15) is 0 Å². The summed E-state index contributed by atoms with van der Waals surface area (Å²) in [5.74, 6) is 0.103. The van der Waals surface area contributed by atoms with Crippen LogP contribution in [0, 0.1) is 0 Å². The van der Waals surface area contributed by atoms with Gasteiger partial charge in [0.05, 0.1) is 7.11 Å². The lowest BCUT2D eigenvalue weighted by molar-refractivity contribution is 0.102. The molecular formula is C16H18N2O3. The van der Waals surface area contributed by atoms with E-state index in [2.05, 4.69) is 5.32 Å². The van der Waals surface area contributed by atoms with E-state index in [0.717, 1.165) is 12.0 Å². The number of anilines is 1. The van der Waals surface area contributed by atoms with Gasteiger partial charge in [0.1, 0.15) is 0 Å². The second kappa shape index (κ2) is 6.76. The highest BCUT2D eigenvalue weighted by molar-refractivity contribution is 6.04. The van der Waals surface area contributed by atoms with Crippen LogP contribution >= 0.6 is 0 Å². The summed E-state index contributed by atoms with van der Waals surface area (Å²) >= 11 is 0. The van der Waals surface area contributed by atoms with Crippen molar-refractivity contribution in [3.63, 3.8) is 0 Å². The number of phenols is 1. The Hall–Kier alpha value is -2.53. The van der Waals surface area contributed by atoms with Crippen molar-refractivity contribution in [3.05, 3.63) is 53.6 Å². The van der Waals surface area contributed by atoms with Gasteiger partial charge in [-0.05, 0) is 42.8 Å². The molecule has 0 saturated heterocycles. The molecule has 0 bridgehead atoms. The molecule has 0 aromatic heterocycles. The lowest BCUT2D eigenvalue weighted by atomic mass is 10.1. The van der Waals surface area contributed by atoms with E-state index in [0.29, 0.717) is 23.5 Å². The highest BCUT2D eigenvalue weighted by Gasteiger charge is 2.08. The van der Waals surface area contributed by atoms with E-state index >= 15 is 0 Å². The maximum Gasteiger partial charge on any atom is 0.255 e. The van der Waals surface area contributed by atoms with E-state index in [-0.39, 0.29) is 11.7 Å². The normalized spacial score (nSPS) is 10.2. The second-order valence-electron chi connectivity index (χ2n) is 4.58. The van der Waals surface area contributed by atoms with E-state index in [1.165, 1.54) is 13.2 Å². The lowest BCUT2D eigenvalue weighted by Crippen LogP contribution is -2.12. The van der Waals surface area contributed by atoms with Crippen molar-refractivity contribution < 1.29 is 14.6 Å². The molecule has 0 atom stereocenters. The Morgan fingerprint density at radius 2 is 1.95 bits per heavy atom. The number of methoxy groups -OCH3 is 1. The number of aromatic hydroxyl groups is 1.